The third kappa shape index (κ3) is 2.08. The molecule has 0 bridgehead atoms. The lowest BCUT2D eigenvalue weighted by atomic mass is 10.2. The van der Waals surface area contributed by atoms with Gasteiger partial charge in [-0.15, -0.1) is 0 Å². The van der Waals surface area contributed by atoms with Crippen LogP contribution in [0, 0.1) is 0 Å². The van der Waals surface area contributed by atoms with Crippen molar-refractivity contribution < 1.29 is 9.59 Å². The quantitative estimate of drug-likeness (QED) is 0.807. The second-order valence-corrected chi connectivity index (χ2v) is 3.53. The van der Waals surface area contributed by atoms with Gasteiger partial charge in [0.15, 0.2) is 0 Å². The van der Waals surface area contributed by atoms with Gasteiger partial charge in [-0.25, -0.2) is 5.01 Å². The lowest BCUT2D eigenvalue weighted by molar-refractivity contribution is -0.117. The van der Waals surface area contributed by atoms with Gasteiger partial charge in [0.2, 0.25) is 5.91 Å². The summed E-state index contributed by atoms with van der Waals surface area (Å²) >= 11 is 0. The third-order valence-electron chi connectivity index (χ3n) is 2.21. The number of carbonyl (C=O) groups excluding carboxylic acids is 2. The van der Waals surface area contributed by atoms with Gasteiger partial charge >= 0.3 is 0 Å². The van der Waals surface area contributed by atoms with Crippen molar-refractivity contribution in [1.29, 1.82) is 0 Å². The Kier molecular flexibility index (Phi) is 2.68. The molecule has 2 amide bonds. The van der Waals surface area contributed by atoms with Crippen LogP contribution in [0.25, 0.3) is 0 Å². The Bertz CT molecular complexity index is 454. The summed E-state index contributed by atoms with van der Waals surface area (Å²) in [6, 6.07) is 9.08. The maximum absolute atomic E-state index is 11.6. The molecule has 5 heteroatoms. The lowest BCUT2D eigenvalue weighted by Gasteiger charge is -2.10. The van der Waals surface area contributed by atoms with Crippen LogP contribution in [-0.4, -0.2) is 17.5 Å². The number of para-hydroxylation sites is 1. The van der Waals surface area contributed by atoms with Crippen molar-refractivity contribution in [2.45, 2.75) is 12.8 Å². The molecule has 82 valence electrons. The van der Waals surface area contributed by atoms with E-state index in [4.69, 9.17) is 5.73 Å². The maximum atomic E-state index is 11.6. The van der Waals surface area contributed by atoms with E-state index in [1.54, 1.807) is 12.1 Å². The summed E-state index contributed by atoms with van der Waals surface area (Å²) in [4.78, 5) is 22.3. The van der Waals surface area contributed by atoms with E-state index in [1.807, 2.05) is 18.2 Å². The van der Waals surface area contributed by atoms with Crippen LogP contribution in [0.2, 0.25) is 0 Å². The highest BCUT2D eigenvalue weighted by atomic mass is 16.2. The number of nitrogens with two attached hydrogens (primary N) is 1. The molecule has 0 saturated carbocycles. The molecule has 0 aliphatic carbocycles. The van der Waals surface area contributed by atoms with Crippen LogP contribution in [0.15, 0.2) is 35.4 Å². The molecule has 0 radical (unpaired) electrons. The van der Waals surface area contributed by atoms with E-state index in [9.17, 15) is 9.59 Å². The number of rotatable bonds is 3. The minimum absolute atomic E-state index is 0.0368. The molecule has 0 aromatic heterocycles. The zero-order valence-corrected chi connectivity index (χ0v) is 8.59. The molecule has 2 rings (SSSR count). The van der Waals surface area contributed by atoms with Gasteiger partial charge in [-0.3, -0.25) is 9.59 Å². The molecule has 16 heavy (non-hydrogen) atoms. The Balaban J connectivity index is 2.20. The fraction of sp³-hybridized carbons (Fsp3) is 0.182. The van der Waals surface area contributed by atoms with Gasteiger partial charge < -0.3 is 5.73 Å². The van der Waals surface area contributed by atoms with Gasteiger partial charge in [-0.05, 0) is 12.1 Å². The number of hydrogen-bond donors (Lipinski definition) is 1. The lowest BCUT2D eigenvalue weighted by Crippen LogP contribution is -2.19. The van der Waals surface area contributed by atoms with Crippen molar-refractivity contribution in [3.8, 4) is 0 Å². The Morgan fingerprint density at radius 1 is 1.38 bits per heavy atom. The van der Waals surface area contributed by atoms with Crippen molar-refractivity contribution >= 4 is 23.2 Å². The molecule has 1 aliphatic rings. The molecule has 2 N–H and O–H groups in total. The monoisotopic (exact) mass is 217 g/mol. The SMILES string of the molecule is NC(=O)CC1=NN(c2ccccc2)C(=O)C1. The van der Waals surface area contributed by atoms with Crippen molar-refractivity contribution in [2.24, 2.45) is 10.8 Å². The first kappa shape index (κ1) is 10.4. The van der Waals surface area contributed by atoms with Crippen LogP contribution in [0.5, 0.6) is 0 Å². The maximum Gasteiger partial charge on any atom is 0.253 e. The topological polar surface area (TPSA) is 75.8 Å². The number of carbonyl (C=O) groups is 2. The molecule has 1 heterocycles. The van der Waals surface area contributed by atoms with Crippen LogP contribution in [0.3, 0.4) is 0 Å². The summed E-state index contributed by atoms with van der Waals surface area (Å²) in [6.07, 6.45) is 0.201. The van der Waals surface area contributed by atoms with Crippen molar-refractivity contribution in [1.82, 2.24) is 0 Å². The molecule has 1 aromatic rings. The van der Waals surface area contributed by atoms with Crippen LogP contribution < -0.4 is 10.7 Å². The first-order valence-electron chi connectivity index (χ1n) is 4.89. The Labute approximate surface area is 92.5 Å². The molecule has 0 atom stereocenters. The highest BCUT2D eigenvalue weighted by Gasteiger charge is 2.25. The van der Waals surface area contributed by atoms with Crippen molar-refractivity contribution in [3.63, 3.8) is 0 Å². The van der Waals surface area contributed by atoms with Gasteiger partial charge in [0.25, 0.3) is 5.91 Å². The predicted molar refractivity (Wildman–Crippen MR) is 59.8 cm³/mol. The van der Waals surface area contributed by atoms with Gasteiger partial charge in [-0.2, -0.15) is 5.10 Å². The smallest absolute Gasteiger partial charge is 0.253 e. The van der Waals surface area contributed by atoms with E-state index < -0.39 is 5.91 Å². The van der Waals surface area contributed by atoms with Crippen molar-refractivity contribution in [2.75, 3.05) is 5.01 Å². The number of hydrazone groups is 1. The van der Waals surface area contributed by atoms with Gasteiger partial charge in [0.05, 0.1) is 24.2 Å². The van der Waals surface area contributed by atoms with E-state index in [-0.39, 0.29) is 18.7 Å². The zero-order chi connectivity index (χ0) is 11.5. The fourth-order valence-electron chi connectivity index (χ4n) is 1.55. The molecular formula is C11H11N3O2. The fourth-order valence-corrected chi connectivity index (χ4v) is 1.55. The molecule has 1 aromatic carbocycles. The standard InChI is InChI=1S/C11H11N3O2/c12-10(15)6-8-7-11(16)14(13-8)9-4-2-1-3-5-9/h1-5H,6-7H2,(H2,12,15). The molecule has 0 fully saturated rings. The summed E-state index contributed by atoms with van der Waals surface area (Å²) < 4.78 is 0. The molecule has 0 saturated heterocycles. The Morgan fingerprint density at radius 3 is 2.69 bits per heavy atom. The Hall–Kier alpha value is -2.17. The largest absolute Gasteiger partial charge is 0.369 e. The number of benzene rings is 1. The number of nitrogens with zero attached hydrogens (tertiary/aromatic N) is 2. The highest BCUT2D eigenvalue weighted by molar-refractivity contribution is 6.17. The van der Waals surface area contributed by atoms with Crippen molar-refractivity contribution in [3.05, 3.63) is 30.3 Å². The summed E-state index contributed by atoms with van der Waals surface area (Å²) in [5.74, 6) is -0.607. The summed E-state index contributed by atoms with van der Waals surface area (Å²) in [6.45, 7) is 0. The van der Waals surface area contributed by atoms with E-state index in [0.29, 0.717) is 11.4 Å². The minimum Gasteiger partial charge on any atom is -0.369 e. The average Bonchev–Trinajstić information content (AvgIpc) is 2.60. The van der Waals surface area contributed by atoms with Gasteiger partial charge in [0.1, 0.15) is 0 Å². The molecule has 5 nitrogen and oxygen atoms in total. The summed E-state index contributed by atoms with van der Waals surface area (Å²) in [5.41, 5.74) is 6.27. The van der Waals surface area contributed by atoms with E-state index >= 15 is 0 Å². The summed E-state index contributed by atoms with van der Waals surface area (Å²) in [7, 11) is 0. The second-order valence-electron chi connectivity index (χ2n) is 3.53. The number of anilines is 1. The van der Waals surface area contributed by atoms with E-state index in [2.05, 4.69) is 5.10 Å². The highest BCUT2D eigenvalue weighted by Crippen LogP contribution is 2.20. The zero-order valence-electron chi connectivity index (χ0n) is 8.59. The van der Waals surface area contributed by atoms with E-state index in [0.717, 1.165) is 0 Å². The third-order valence-corrected chi connectivity index (χ3v) is 2.21. The number of amides is 2. The minimum atomic E-state index is -0.471. The molecule has 1 aliphatic heterocycles. The van der Waals surface area contributed by atoms with E-state index in [1.165, 1.54) is 5.01 Å². The Morgan fingerprint density at radius 2 is 2.06 bits per heavy atom. The van der Waals surface area contributed by atoms with Crippen LogP contribution in [0.1, 0.15) is 12.8 Å². The number of primary amides is 1. The van der Waals surface area contributed by atoms with Crippen LogP contribution in [-0.2, 0) is 9.59 Å². The molecular weight excluding hydrogens is 206 g/mol. The molecule has 0 unspecified atom stereocenters. The van der Waals surface area contributed by atoms with Crippen LogP contribution >= 0.6 is 0 Å². The molecule has 0 spiro atoms. The first-order valence-corrected chi connectivity index (χ1v) is 4.89. The predicted octanol–water partition coefficient (Wildman–Crippen LogP) is 0.655. The second kappa shape index (κ2) is 4.14. The summed E-state index contributed by atoms with van der Waals surface area (Å²) in [5, 5.41) is 5.38. The van der Waals surface area contributed by atoms with Gasteiger partial charge in [0, 0.05) is 0 Å². The average molecular weight is 217 g/mol. The first-order chi connectivity index (χ1) is 7.66. The van der Waals surface area contributed by atoms with Crippen LogP contribution in [0.4, 0.5) is 5.69 Å². The normalized spacial score (nSPS) is 15.1. The van der Waals surface area contributed by atoms with Gasteiger partial charge in [-0.1, -0.05) is 18.2 Å². The number of hydrogen-bond acceptors (Lipinski definition) is 3.